The Labute approximate surface area is 602 Å². The van der Waals surface area contributed by atoms with Crippen LogP contribution in [-0.2, 0) is 5.41 Å². The summed E-state index contributed by atoms with van der Waals surface area (Å²) >= 11 is 0. The van der Waals surface area contributed by atoms with Gasteiger partial charge in [0.1, 0.15) is 0 Å². The van der Waals surface area contributed by atoms with Gasteiger partial charge in [-0.3, -0.25) is 0 Å². The van der Waals surface area contributed by atoms with Gasteiger partial charge in [-0.2, -0.15) is 0 Å². The van der Waals surface area contributed by atoms with Crippen LogP contribution < -0.4 is 29.4 Å². The standard InChI is InChI=1S/C34H30N2.2C31H26N2/c1-34(2)32-17-11-10-16-30(32)31-23-22-29(24-33(31)34)35(3)25-18-20-28(21-19-25)36(26-12-6-4-7-13-26)27-14-8-5-9-15-27;1-32(31-20-12-11-19-30(31)25-13-5-2-6-14-25)26-21-23-29(24-22-26)33(27-15-7-3-8-16-27)28-17-9-4-10-18-28;1-32(31-19-11-14-26(24-31)25-12-5-2-6-13-25)27-20-22-30(23-21-27)33(28-15-7-3-8-16-28)29-17-9-4-10-18-29/h4-24H,1-3H3;2*2-24H,1H3. The Morgan fingerprint density at radius 2 is 0.441 bits per heavy atom. The highest BCUT2D eigenvalue weighted by atomic mass is 15.2. The van der Waals surface area contributed by atoms with Crippen LogP contribution in [0.1, 0.15) is 25.0 Å². The van der Waals surface area contributed by atoms with Gasteiger partial charge in [-0.05, 0) is 215 Å². The number of rotatable bonds is 17. The first-order chi connectivity index (χ1) is 50.1. The van der Waals surface area contributed by atoms with Gasteiger partial charge in [0, 0.05) is 117 Å². The molecule has 15 aromatic carbocycles. The summed E-state index contributed by atoms with van der Waals surface area (Å²) in [7, 11) is 6.40. The zero-order valence-electron chi connectivity index (χ0n) is 58.4. The van der Waals surface area contributed by atoms with E-state index in [2.05, 4.69) is 459 Å². The van der Waals surface area contributed by atoms with Gasteiger partial charge < -0.3 is 29.4 Å². The van der Waals surface area contributed by atoms with E-state index in [1.807, 2.05) is 12.1 Å². The van der Waals surface area contributed by atoms with E-state index in [0.29, 0.717) is 0 Å². The van der Waals surface area contributed by atoms with Gasteiger partial charge in [0.2, 0.25) is 0 Å². The van der Waals surface area contributed by atoms with Crippen LogP contribution >= 0.6 is 0 Å². The highest BCUT2D eigenvalue weighted by Crippen LogP contribution is 2.50. The highest BCUT2D eigenvalue weighted by molar-refractivity contribution is 5.87. The van der Waals surface area contributed by atoms with E-state index in [1.54, 1.807) is 0 Å². The van der Waals surface area contributed by atoms with E-state index >= 15 is 0 Å². The minimum Gasteiger partial charge on any atom is -0.345 e. The van der Waals surface area contributed by atoms with Crippen molar-refractivity contribution in [2.75, 3.05) is 50.5 Å². The van der Waals surface area contributed by atoms with Crippen molar-refractivity contribution >= 4 is 85.3 Å². The molecule has 16 rings (SSSR count). The maximum absolute atomic E-state index is 2.36. The zero-order valence-corrected chi connectivity index (χ0v) is 58.4. The lowest BCUT2D eigenvalue weighted by atomic mass is 9.82. The van der Waals surface area contributed by atoms with Gasteiger partial charge in [-0.25, -0.2) is 0 Å². The molecule has 0 fully saturated rings. The minimum absolute atomic E-state index is 0.00149. The number of para-hydroxylation sites is 7. The van der Waals surface area contributed by atoms with E-state index in [1.165, 1.54) is 55.9 Å². The van der Waals surface area contributed by atoms with Crippen LogP contribution in [-0.4, -0.2) is 21.1 Å². The third-order valence-corrected chi connectivity index (χ3v) is 19.2. The van der Waals surface area contributed by atoms with Crippen molar-refractivity contribution < 1.29 is 0 Å². The molecule has 0 saturated carbocycles. The second-order valence-corrected chi connectivity index (χ2v) is 25.9. The predicted octanol–water partition coefficient (Wildman–Crippen LogP) is 26.4. The summed E-state index contributed by atoms with van der Waals surface area (Å²) in [6, 6.07) is 143. The first-order valence-corrected chi connectivity index (χ1v) is 34.9. The highest BCUT2D eigenvalue weighted by Gasteiger charge is 2.35. The Hall–Kier alpha value is -12.9. The molecular weight excluding hydrogens is 1240 g/mol. The van der Waals surface area contributed by atoms with Crippen molar-refractivity contribution in [1.82, 2.24) is 0 Å². The molecule has 0 saturated heterocycles. The molecule has 102 heavy (non-hydrogen) atoms. The van der Waals surface area contributed by atoms with E-state index in [9.17, 15) is 0 Å². The fraction of sp³-hybridized carbons (Fsp3) is 0.0625. The maximum atomic E-state index is 2.36. The molecule has 0 unspecified atom stereocenters. The predicted molar refractivity (Wildman–Crippen MR) is 435 cm³/mol. The van der Waals surface area contributed by atoms with Gasteiger partial charge >= 0.3 is 0 Å². The molecule has 0 heterocycles. The summed E-state index contributed by atoms with van der Waals surface area (Å²) in [5.41, 5.74) is 27.6. The second kappa shape index (κ2) is 30.9. The van der Waals surface area contributed by atoms with Crippen molar-refractivity contribution in [3.05, 3.63) is 418 Å². The fourth-order valence-corrected chi connectivity index (χ4v) is 13.8. The van der Waals surface area contributed by atoms with Crippen molar-refractivity contribution in [2.45, 2.75) is 19.3 Å². The molecule has 1 aliphatic carbocycles. The van der Waals surface area contributed by atoms with Crippen LogP contribution in [0.2, 0.25) is 0 Å². The SMILES string of the molecule is CN(c1ccc(N(c2ccccc2)c2ccccc2)cc1)c1ccc2c(c1)C(C)(C)c1ccccc1-2.CN(c1ccc(N(c2ccccc2)c2ccccc2)cc1)c1cccc(-c2ccccc2)c1.CN(c1ccc(N(c2ccccc2)c2ccccc2)cc1)c1ccccc1-c1ccccc1. The van der Waals surface area contributed by atoms with E-state index in [0.717, 1.165) is 73.9 Å². The van der Waals surface area contributed by atoms with Crippen molar-refractivity contribution in [3.8, 4) is 33.4 Å². The summed E-state index contributed by atoms with van der Waals surface area (Å²) in [4.78, 5) is 13.6. The molecule has 0 spiro atoms. The number of anilines is 15. The molecule has 496 valence electrons. The maximum Gasteiger partial charge on any atom is 0.0487 e. The summed E-state index contributed by atoms with van der Waals surface area (Å²) in [5, 5.41) is 0. The average molecular weight is 1320 g/mol. The smallest absolute Gasteiger partial charge is 0.0487 e. The molecular formula is C96H82N6. The van der Waals surface area contributed by atoms with E-state index < -0.39 is 0 Å². The largest absolute Gasteiger partial charge is 0.345 e. The Morgan fingerprint density at radius 1 is 0.176 bits per heavy atom. The monoisotopic (exact) mass is 1320 g/mol. The van der Waals surface area contributed by atoms with E-state index in [-0.39, 0.29) is 5.41 Å². The Balaban J connectivity index is 0.000000130. The second-order valence-electron chi connectivity index (χ2n) is 25.9. The molecule has 0 atom stereocenters. The van der Waals surface area contributed by atoms with Crippen LogP contribution in [0.15, 0.2) is 406 Å². The molecule has 6 heteroatoms. The van der Waals surface area contributed by atoms with Gasteiger partial charge in [-0.15, -0.1) is 0 Å². The molecule has 1 aliphatic rings. The molecule has 6 nitrogen and oxygen atoms in total. The van der Waals surface area contributed by atoms with Crippen LogP contribution in [0.4, 0.5) is 85.3 Å². The number of hydrogen-bond donors (Lipinski definition) is 0. The van der Waals surface area contributed by atoms with Crippen LogP contribution in [0.25, 0.3) is 33.4 Å². The molecule has 0 aromatic heterocycles. The topological polar surface area (TPSA) is 19.4 Å². The third kappa shape index (κ3) is 14.6. The molecule has 0 radical (unpaired) electrons. The van der Waals surface area contributed by atoms with Crippen molar-refractivity contribution in [2.24, 2.45) is 0 Å². The minimum atomic E-state index is -0.00149. The molecule has 0 aliphatic heterocycles. The normalized spacial score (nSPS) is 11.5. The lowest BCUT2D eigenvalue weighted by Crippen LogP contribution is -2.16. The number of fused-ring (bicyclic) bond motifs is 3. The zero-order chi connectivity index (χ0) is 69.6. The van der Waals surface area contributed by atoms with E-state index in [4.69, 9.17) is 0 Å². The van der Waals surface area contributed by atoms with Crippen LogP contribution in [0.5, 0.6) is 0 Å². The van der Waals surface area contributed by atoms with Gasteiger partial charge in [0.15, 0.2) is 0 Å². The summed E-state index contributed by atoms with van der Waals surface area (Å²) in [6.45, 7) is 4.66. The van der Waals surface area contributed by atoms with Crippen LogP contribution in [0, 0.1) is 0 Å². The summed E-state index contributed by atoms with van der Waals surface area (Å²) in [5.74, 6) is 0. The quantitative estimate of drug-likeness (QED) is 0.0899. The molecule has 0 N–H and O–H groups in total. The third-order valence-electron chi connectivity index (χ3n) is 19.2. The number of nitrogens with zero attached hydrogens (tertiary/aromatic N) is 6. The average Bonchev–Trinajstić information content (AvgIpc) is 1.58. The molecule has 15 aromatic rings. The molecule has 0 amide bonds. The van der Waals surface area contributed by atoms with Gasteiger partial charge in [0.25, 0.3) is 0 Å². The van der Waals surface area contributed by atoms with Crippen molar-refractivity contribution in [1.29, 1.82) is 0 Å². The summed E-state index contributed by atoms with van der Waals surface area (Å²) in [6.07, 6.45) is 0. The molecule has 0 bridgehead atoms. The Morgan fingerprint density at radius 3 is 0.843 bits per heavy atom. The Kier molecular flexibility index (Phi) is 20.1. The number of benzene rings is 15. The summed E-state index contributed by atoms with van der Waals surface area (Å²) < 4.78 is 0. The van der Waals surface area contributed by atoms with Crippen molar-refractivity contribution in [3.63, 3.8) is 0 Å². The van der Waals surface area contributed by atoms with Gasteiger partial charge in [-0.1, -0.05) is 244 Å². The number of hydrogen-bond acceptors (Lipinski definition) is 6. The first-order valence-electron chi connectivity index (χ1n) is 34.9. The van der Waals surface area contributed by atoms with Crippen LogP contribution in [0.3, 0.4) is 0 Å². The lowest BCUT2D eigenvalue weighted by molar-refractivity contribution is 0.660. The lowest BCUT2D eigenvalue weighted by Gasteiger charge is -2.27. The first kappa shape index (κ1) is 66.3. The fourth-order valence-electron chi connectivity index (χ4n) is 13.8. The van der Waals surface area contributed by atoms with Gasteiger partial charge in [0.05, 0.1) is 0 Å². The Bertz CT molecular complexity index is 5020.